The van der Waals surface area contributed by atoms with Crippen molar-refractivity contribution in [2.45, 2.75) is 31.7 Å². The van der Waals surface area contributed by atoms with Crippen molar-refractivity contribution in [3.8, 4) is 0 Å². The average Bonchev–Trinajstić information content (AvgIpc) is 3.13. The number of aromatic amines is 1. The summed E-state index contributed by atoms with van der Waals surface area (Å²) in [6, 6.07) is 2.30. The number of rotatable bonds is 7. The van der Waals surface area contributed by atoms with Crippen LogP contribution in [0.25, 0.3) is 11.0 Å². The van der Waals surface area contributed by atoms with Crippen molar-refractivity contribution in [2.24, 2.45) is 11.8 Å². The summed E-state index contributed by atoms with van der Waals surface area (Å²) < 4.78 is 32.7. The van der Waals surface area contributed by atoms with E-state index in [2.05, 4.69) is 19.9 Å². The Labute approximate surface area is 166 Å². The number of anilines is 1. The van der Waals surface area contributed by atoms with Gasteiger partial charge in [0.1, 0.15) is 17.8 Å². The fourth-order valence-electron chi connectivity index (χ4n) is 4.52. The molecule has 1 N–H and O–H groups in total. The quantitative estimate of drug-likeness (QED) is 0.753. The van der Waals surface area contributed by atoms with Gasteiger partial charge in [0.05, 0.1) is 17.7 Å². The molecule has 0 radical (unpaired) electrons. The highest BCUT2D eigenvalue weighted by atomic mass is 32.2. The molecule has 1 atom stereocenters. The van der Waals surface area contributed by atoms with Gasteiger partial charge in [0.25, 0.3) is 0 Å². The smallest absolute Gasteiger partial charge is 0.214 e. The standard InChI is InChI=1S/C19H29N5O3S/c1-23(19-17-5-6-20-18(17)21-13-22-19)16-8-15(9-16)12-28(25,26)24-7-3-4-14(10-24)11-27-2/h5-6,13-16H,3-4,7-12H2,1-2H3,(H,20,21,22). The number of aromatic nitrogens is 3. The normalized spacial score (nSPS) is 26.3. The number of H-pyrrole nitrogens is 1. The maximum Gasteiger partial charge on any atom is 0.214 e. The Hall–Kier alpha value is -1.71. The molecule has 0 bridgehead atoms. The number of hydrogen-bond donors (Lipinski definition) is 1. The van der Waals surface area contributed by atoms with Gasteiger partial charge >= 0.3 is 0 Å². The Morgan fingerprint density at radius 2 is 2.14 bits per heavy atom. The van der Waals surface area contributed by atoms with Crippen LogP contribution in [0, 0.1) is 11.8 Å². The Morgan fingerprint density at radius 1 is 1.32 bits per heavy atom. The van der Waals surface area contributed by atoms with Crippen LogP contribution >= 0.6 is 0 Å². The van der Waals surface area contributed by atoms with Crippen LogP contribution < -0.4 is 4.90 Å². The summed E-state index contributed by atoms with van der Waals surface area (Å²) in [5.41, 5.74) is 0.825. The molecule has 1 saturated carbocycles. The van der Waals surface area contributed by atoms with E-state index < -0.39 is 10.0 Å². The van der Waals surface area contributed by atoms with Gasteiger partial charge in [0.2, 0.25) is 10.0 Å². The molecule has 9 heteroatoms. The minimum Gasteiger partial charge on any atom is -0.384 e. The van der Waals surface area contributed by atoms with E-state index in [1.165, 1.54) is 0 Å². The second-order valence-electron chi connectivity index (χ2n) is 8.14. The Balaban J connectivity index is 1.34. The summed E-state index contributed by atoms with van der Waals surface area (Å²) in [5.74, 6) is 1.68. The number of piperidine rings is 1. The first kappa shape index (κ1) is 19.6. The summed E-state index contributed by atoms with van der Waals surface area (Å²) in [6.07, 6.45) is 7.15. The van der Waals surface area contributed by atoms with Gasteiger partial charge in [0, 0.05) is 39.5 Å². The third-order valence-corrected chi connectivity index (χ3v) is 8.16. The molecular weight excluding hydrogens is 378 g/mol. The SMILES string of the molecule is COCC1CCCN(S(=O)(=O)CC2CC(N(C)c3ncnc4[nH]ccc34)C2)C1. The van der Waals surface area contributed by atoms with Crippen molar-refractivity contribution in [3.05, 3.63) is 18.6 Å². The lowest BCUT2D eigenvalue weighted by atomic mass is 9.81. The van der Waals surface area contributed by atoms with Gasteiger partial charge in [-0.3, -0.25) is 0 Å². The van der Waals surface area contributed by atoms with Crippen LogP contribution in [-0.2, 0) is 14.8 Å². The highest BCUT2D eigenvalue weighted by molar-refractivity contribution is 7.89. The molecule has 1 unspecified atom stereocenters. The lowest BCUT2D eigenvalue weighted by molar-refractivity contribution is 0.118. The molecule has 1 saturated heterocycles. The van der Waals surface area contributed by atoms with Crippen LogP contribution in [0.5, 0.6) is 0 Å². The molecule has 8 nitrogen and oxygen atoms in total. The molecule has 154 valence electrons. The molecule has 3 heterocycles. The predicted molar refractivity (Wildman–Crippen MR) is 109 cm³/mol. The van der Waals surface area contributed by atoms with Gasteiger partial charge in [-0.15, -0.1) is 0 Å². The monoisotopic (exact) mass is 407 g/mol. The molecule has 2 fully saturated rings. The fourth-order valence-corrected chi connectivity index (χ4v) is 6.44. The first-order chi connectivity index (χ1) is 13.5. The molecular formula is C19H29N5O3S. The third kappa shape index (κ3) is 3.88. The van der Waals surface area contributed by atoms with Crippen LogP contribution in [0.1, 0.15) is 25.7 Å². The maximum absolute atomic E-state index is 12.9. The fraction of sp³-hybridized carbons (Fsp3) is 0.684. The number of sulfonamides is 1. The first-order valence-corrected chi connectivity index (χ1v) is 11.6. The van der Waals surface area contributed by atoms with Gasteiger partial charge in [-0.2, -0.15) is 0 Å². The molecule has 1 aliphatic carbocycles. The van der Waals surface area contributed by atoms with Gasteiger partial charge in [-0.1, -0.05) is 0 Å². The number of hydrogen-bond acceptors (Lipinski definition) is 6. The van der Waals surface area contributed by atoms with E-state index in [4.69, 9.17) is 4.74 Å². The minimum atomic E-state index is -3.21. The molecule has 0 amide bonds. The second kappa shape index (κ2) is 7.96. The first-order valence-electron chi connectivity index (χ1n) is 9.95. The van der Waals surface area contributed by atoms with Crippen molar-refractivity contribution in [2.75, 3.05) is 44.5 Å². The summed E-state index contributed by atoms with van der Waals surface area (Å²) in [5, 5.41) is 0.999. The Kier molecular flexibility index (Phi) is 5.57. The predicted octanol–water partition coefficient (Wildman–Crippen LogP) is 1.86. The third-order valence-electron chi connectivity index (χ3n) is 6.15. The maximum atomic E-state index is 12.9. The number of methoxy groups -OCH3 is 1. The van der Waals surface area contributed by atoms with E-state index >= 15 is 0 Å². The van der Waals surface area contributed by atoms with E-state index in [-0.39, 0.29) is 11.7 Å². The van der Waals surface area contributed by atoms with E-state index in [9.17, 15) is 8.42 Å². The van der Waals surface area contributed by atoms with Crippen molar-refractivity contribution in [1.29, 1.82) is 0 Å². The summed E-state index contributed by atoms with van der Waals surface area (Å²) in [4.78, 5) is 13.9. The number of fused-ring (bicyclic) bond motifs is 1. The highest BCUT2D eigenvalue weighted by Crippen LogP contribution is 2.36. The van der Waals surface area contributed by atoms with Gasteiger partial charge in [-0.05, 0) is 43.6 Å². The molecule has 1 aliphatic heterocycles. The topological polar surface area (TPSA) is 91.4 Å². The van der Waals surface area contributed by atoms with E-state index in [0.717, 1.165) is 42.5 Å². The molecule has 4 rings (SSSR count). The summed E-state index contributed by atoms with van der Waals surface area (Å²) in [7, 11) is 0.504. The zero-order valence-corrected chi connectivity index (χ0v) is 17.4. The number of nitrogens with zero attached hydrogens (tertiary/aromatic N) is 4. The van der Waals surface area contributed by atoms with Gasteiger partial charge in [0.15, 0.2) is 0 Å². The van der Waals surface area contributed by atoms with Crippen LogP contribution in [0.3, 0.4) is 0 Å². The van der Waals surface area contributed by atoms with Crippen molar-refractivity contribution in [1.82, 2.24) is 19.3 Å². The van der Waals surface area contributed by atoms with Crippen molar-refractivity contribution >= 4 is 26.9 Å². The Bertz CT molecular complexity index is 907. The van der Waals surface area contributed by atoms with E-state index in [0.29, 0.717) is 31.7 Å². The van der Waals surface area contributed by atoms with Crippen molar-refractivity contribution in [3.63, 3.8) is 0 Å². The van der Waals surface area contributed by atoms with Crippen molar-refractivity contribution < 1.29 is 13.2 Å². The molecule has 0 spiro atoms. The summed E-state index contributed by atoms with van der Waals surface area (Å²) in [6.45, 7) is 1.87. The molecule has 2 aliphatic rings. The van der Waals surface area contributed by atoms with Crippen LogP contribution in [0.2, 0.25) is 0 Å². The second-order valence-corrected chi connectivity index (χ2v) is 10.2. The van der Waals surface area contributed by atoms with Gasteiger partial charge < -0.3 is 14.6 Å². The zero-order valence-electron chi connectivity index (χ0n) is 16.5. The minimum absolute atomic E-state index is 0.212. The zero-order chi connectivity index (χ0) is 19.7. The molecule has 2 aromatic heterocycles. The number of nitrogens with one attached hydrogen (secondary N) is 1. The van der Waals surface area contributed by atoms with Crippen LogP contribution in [0.4, 0.5) is 5.82 Å². The lowest BCUT2D eigenvalue weighted by Crippen LogP contribution is -2.48. The van der Waals surface area contributed by atoms with Crippen LogP contribution in [0.15, 0.2) is 18.6 Å². The van der Waals surface area contributed by atoms with E-state index in [1.807, 2.05) is 19.3 Å². The average molecular weight is 408 g/mol. The van der Waals surface area contributed by atoms with E-state index in [1.54, 1.807) is 17.7 Å². The molecule has 2 aromatic rings. The highest BCUT2D eigenvalue weighted by Gasteiger charge is 2.38. The van der Waals surface area contributed by atoms with Crippen LogP contribution in [-0.4, -0.2) is 73.3 Å². The molecule has 0 aromatic carbocycles. The largest absolute Gasteiger partial charge is 0.384 e. The summed E-state index contributed by atoms with van der Waals surface area (Å²) >= 11 is 0. The Morgan fingerprint density at radius 3 is 2.93 bits per heavy atom. The molecule has 28 heavy (non-hydrogen) atoms. The number of ether oxygens (including phenoxy) is 1. The van der Waals surface area contributed by atoms with Gasteiger partial charge in [-0.25, -0.2) is 22.7 Å². The lowest BCUT2D eigenvalue weighted by Gasteiger charge is -2.42.